The average molecular weight is 277 g/mol. The summed E-state index contributed by atoms with van der Waals surface area (Å²) in [5, 5.41) is 3.71. The molecule has 2 aromatic rings. The predicted octanol–water partition coefficient (Wildman–Crippen LogP) is 2.20. The molecular weight excluding hydrogens is 258 g/mol. The molecule has 1 heterocycles. The highest BCUT2D eigenvalue weighted by molar-refractivity contribution is 5.40. The maximum atomic E-state index is 5.70. The molecule has 0 atom stereocenters. The smallest absolute Gasteiger partial charge is 0.264 e. The van der Waals surface area contributed by atoms with Gasteiger partial charge in [0, 0.05) is 18.2 Å². The van der Waals surface area contributed by atoms with Crippen LogP contribution in [0.4, 0.5) is 0 Å². The topological polar surface area (TPSA) is 83.4 Å². The number of ether oxygens (including phenoxy) is 2. The molecule has 108 valence electrons. The van der Waals surface area contributed by atoms with Gasteiger partial charge in [0.25, 0.3) is 5.89 Å². The van der Waals surface area contributed by atoms with E-state index in [2.05, 4.69) is 17.1 Å². The van der Waals surface area contributed by atoms with Crippen LogP contribution in [-0.4, -0.2) is 16.7 Å². The summed E-state index contributed by atoms with van der Waals surface area (Å²) in [6.07, 6.45) is 0.954. The first-order valence-corrected chi connectivity index (χ1v) is 6.60. The lowest BCUT2D eigenvalue weighted by Gasteiger charge is -2.11. The molecule has 0 spiro atoms. The minimum absolute atomic E-state index is 0.213. The second-order valence-corrected chi connectivity index (χ2v) is 4.35. The summed E-state index contributed by atoms with van der Waals surface area (Å²) in [6.45, 7) is 5.10. The van der Waals surface area contributed by atoms with E-state index >= 15 is 0 Å². The Morgan fingerprint density at radius 1 is 1.30 bits per heavy atom. The zero-order valence-corrected chi connectivity index (χ0v) is 11.8. The third-order valence-corrected chi connectivity index (χ3v) is 2.65. The summed E-state index contributed by atoms with van der Waals surface area (Å²) in [7, 11) is 0. The highest BCUT2D eigenvalue weighted by Crippen LogP contribution is 2.25. The van der Waals surface area contributed by atoms with Crippen LogP contribution in [0.3, 0.4) is 0 Å². The van der Waals surface area contributed by atoms with Crippen LogP contribution < -0.4 is 15.2 Å². The number of hydrogen-bond acceptors (Lipinski definition) is 6. The third-order valence-electron chi connectivity index (χ3n) is 2.65. The molecule has 0 saturated carbocycles. The highest BCUT2D eigenvalue weighted by Gasteiger charge is 2.08. The fourth-order valence-corrected chi connectivity index (χ4v) is 1.69. The molecular formula is C14H19N3O3. The van der Waals surface area contributed by atoms with Gasteiger partial charge in [-0.3, -0.25) is 0 Å². The molecule has 1 aromatic carbocycles. The van der Waals surface area contributed by atoms with E-state index in [9.17, 15) is 0 Å². The zero-order chi connectivity index (χ0) is 14.4. The maximum absolute atomic E-state index is 5.70. The van der Waals surface area contributed by atoms with Crippen molar-refractivity contribution in [3.63, 3.8) is 0 Å². The molecule has 0 aliphatic rings. The number of hydrogen-bond donors (Lipinski definition) is 1. The molecule has 2 rings (SSSR count). The van der Waals surface area contributed by atoms with Crippen molar-refractivity contribution in [1.29, 1.82) is 0 Å². The number of nitrogens with two attached hydrogens (primary N) is 1. The fraction of sp³-hybridized carbons (Fsp3) is 0.429. The van der Waals surface area contributed by atoms with Gasteiger partial charge in [0.2, 0.25) is 0 Å². The number of benzene rings is 1. The molecule has 0 amide bonds. The standard InChI is InChI=1S/C14H19N3O3/c1-3-6-18-12-5-4-11(8-15)13(7-12)19-9-14-16-10(2)17-20-14/h4-5,7H,3,6,8-9,15H2,1-2H3. The lowest BCUT2D eigenvalue weighted by Crippen LogP contribution is -2.04. The summed E-state index contributed by atoms with van der Waals surface area (Å²) in [6, 6.07) is 5.63. The molecule has 0 saturated heterocycles. The first kappa shape index (κ1) is 14.3. The Bertz CT molecular complexity index is 554. The molecule has 0 aliphatic heterocycles. The van der Waals surface area contributed by atoms with Gasteiger partial charge in [0.05, 0.1) is 6.61 Å². The SMILES string of the molecule is CCCOc1ccc(CN)c(OCc2nc(C)no2)c1. The first-order valence-electron chi connectivity index (χ1n) is 6.60. The zero-order valence-electron chi connectivity index (χ0n) is 11.8. The quantitative estimate of drug-likeness (QED) is 0.835. The predicted molar refractivity (Wildman–Crippen MR) is 73.5 cm³/mol. The van der Waals surface area contributed by atoms with E-state index in [4.69, 9.17) is 19.7 Å². The number of rotatable bonds is 7. The Balaban J connectivity index is 2.07. The van der Waals surface area contributed by atoms with Gasteiger partial charge < -0.3 is 19.7 Å². The number of nitrogens with zero attached hydrogens (tertiary/aromatic N) is 2. The van der Waals surface area contributed by atoms with Crippen LogP contribution in [0.5, 0.6) is 11.5 Å². The molecule has 2 N–H and O–H groups in total. The van der Waals surface area contributed by atoms with Gasteiger partial charge in [0.15, 0.2) is 12.4 Å². The summed E-state index contributed by atoms with van der Waals surface area (Å²) >= 11 is 0. The van der Waals surface area contributed by atoms with Crippen molar-refractivity contribution in [1.82, 2.24) is 10.1 Å². The van der Waals surface area contributed by atoms with E-state index in [1.54, 1.807) is 6.92 Å². The van der Waals surface area contributed by atoms with E-state index in [0.29, 0.717) is 30.6 Å². The Labute approximate surface area is 117 Å². The minimum atomic E-state index is 0.213. The van der Waals surface area contributed by atoms with Gasteiger partial charge in [-0.15, -0.1) is 0 Å². The van der Waals surface area contributed by atoms with Gasteiger partial charge in [-0.25, -0.2) is 0 Å². The lowest BCUT2D eigenvalue weighted by atomic mass is 10.2. The first-order chi connectivity index (χ1) is 9.72. The van der Waals surface area contributed by atoms with Gasteiger partial charge in [-0.2, -0.15) is 4.98 Å². The van der Waals surface area contributed by atoms with Crippen LogP contribution in [0.15, 0.2) is 22.7 Å². The van der Waals surface area contributed by atoms with Crippen LogP contribution >= 0.6 is 0 Å². The second kappa shape index (κ2) is 6.91. The number of aromatic nitrogens is 2. The van der Waals surface area contributed by atoms with Crippen molar-refractivity contribution in [2.24, 2.45) is 5.73 Å². The van der Waals surface area contributed by atoms with Gasteiger partial charge in [0.1, 0.15) is 11.5 Å². The van der Waals surface area contributed by atoms with Crippen LogP contribution in [0, 0.1) is 6.92 Å². The van der Waals surface area contributed by atoms with Crippen molar-refractivity contribution in [3.05, 3.63) is 35.5 Å². The van der Waals surface area contributed by atoms with Crippen LogP contribution in [-0.2, 0) is 13.2 Å². The Morgan fingerprint density at radius 3 is 2.80 bits per heavy atom. The molecule has 6 nitrogen and oxygen atoms in total. The van der Waals surface area contributed by atoms with E-state index in [0.717, 1.165) is 17.7 Å². The normalized spacial score (nSPS) is 10.6. The molecule has 0 radical (unpaired) electrons. The molecule has 0 bridgehead atoms. The van der Waals surface area contributed by atoms with Crippen molar-refractivity contribution in [2.45, 2.75) is 33.4 Å². The molecule has 1 aromatic heterocycles. The van der Waals surface area contributed by atoms with E-state index in [1.165, 1.54) is 0 Å². The molecule has 0 fully saturated rings. The Morgan fingerprint density at radius 2 is 2.15 bits per heavy atom. The van der Waals surface area contributed by atoms with Crippen LogP contribution in [0.25, 0.3) is 0 Å². The van der Waals surface area contributed by atoms with Crippen LogP contribution in [0.2, 0.25) is 0 Å². The molecule has 0 aliphatic carbocycles. The van der Waals surface area contributed by atoms with E-state index in [-0.39, 0.29) is 6.61 Å². The summed E-state index contributed by atoms with van der Waals surface area (Å²) < 4.78 is 16.3. The minimum Gasteiger partial charge on any atom is -0.493 e. The lowest BCUT2D eigenvalue weighted by molar-refractivity contribution is 0.239. The average Bonchev–Trinajstić information content (AvgIpc) is 2.88. The summed E-state index contributed by atoms with van der Waals surface area (Å²) in [4.78, 5) is 4.09. The molecule has 6 heteroatoms. The van der Waals surface area contributed by atoms with Crippen LogP contribution in [0.1, 0.15) is 30.6 Å². The monoisotopic (exact) mass is 277 g/mol. The summed E-state index contributed by atoms with van der Waals surface area (Å²) in [5.74, 6) is 2.46. The Kier molecular flexibility index (Phi) is 4.95. The molecule has 20 heavy (non-hydrogen) atoms. The fourth-order valence-electron chi connectivity index (χ4n) is 1.69. The molecule has 0 unspecified atom stereocenters. The van der Waals surface area contributed by atoms with Crippen molar-refractivity contribution in [2.75, 3.05) is 6.61 Å². The van der Waals surface area contributed by atoms with Gasteiger partial charge >= 0.3 is 0 Å². The highest BCUT2D eigenvalue weighted by atomic mass is 16.5. The Hall–Kier alpha value is -2.08. The summed E-state index contributed by atoms with van der Waals surface area (Å²) in [5.41, 5.74) is 6.61. The second-order valence-electron chi connectivity index (χ2n) is 4.35. The largest absolute Gasteiger partial charge is 0.493 e. The van der Waals surface area contributed by atoms with Crippen molar-refractivity contribution < 1.29 is 14.0 Å². The maximum Gasteiger partial charge on any atom is 0.264 e. The van der Waals surface area contributed by atoms with E-state index < -0.39 is 0 Å². The van der Waals surface area contributed by atoms with Gasteiger partial charge in [-0.1, -0.05) is 18.1 Å². The van der Waals surface area contributed by atoms with Gasteiger partial charge in [-0.05, 0) is 19.4 Å². The van der Waals surface area contributed by atoms with Crippen molar-refractivity contribution >= 4 is 0 Å². The van der Waals surface area contributed by atoms with E-state index in [1.807, 2.05) is 18.2 Å². The number of aryl methyl sites for hydroxylation is 1. The van der Waals surface area contributed by atoms with Crippen molar-refractivity contribution in [3.8, 4) is 11.5 Å². The third kappa shape index (κ3) is 3.71.